The van der Waals surface area contributed by atoms with Crippen molar-refractivity contribution < 1.29 is 19.4 Å². The molecule has 0 bridgehead atoms. The van der Waals surface area contributed by atoms with Crippen LogP contribution < -0.4 is 4.74 Å². The quantitative estimate of drug-likeness (QED) is 0.844. The van der Waals surface area contributed by atoms with Crippen LogP contribution in [-0.4, -0.2) is 41.6 Å². The van der Waals surface area contributed by atoms with Crippen molar-refractivity contribution in [2.75, 3.05) is 19.7 Å². The van der Waals surface area contributed by atoms with Gasteiger partial charge in [-0.05, 0) is 43.4 Å². The molecule has 0 aliphatic carbocycles. The predicted octanol–water partition coefficient (Wildman–Crippen LogP) is 3.48. The number of likely N-dealkylation sites (tertiary alicyclic amines) is 1. The van der Waals surface area contributed by atoms with Crippen LogP contribution in [0.5, 0.6) is 5.75 Å². The maximum absolute atomic E-state index is 12.2. The maximum atomic E-state index is 12.2. The van der Waals surface area contributed by atoms with Gasteiger partial charge in [-0.3, -0.25) is 9.59 Å². The smallest absolute Gasteiger partial charge is 0.303 e. The van der Waals surface area contributed by atoms with Crippen LogP contribution in [-0.2, 0) is 9.59 Å². The number of benzene rings is 1. The van der Waals surface area contributed by atoms with Gasteiger partial charge in [-0.15, -0.1) is 0 Å². The van der Waals surface area contributed by atoms with E-state index in [1.807, 2.05) is 0 Å². The number of halogens is 2. The van der Waals surface area contributed by atoms with Gasteiger partial charge in [0.05, 0.1) is 5.02 Å². The molecule has 5 nitrogen and oxygen atoms in total. The van der Waals surface area contributed by atoms with Crippen molar-refractivity contribution in [2.45, 2.75) is 25.7 Å². The highest BCUT2D eigenvalue weighted by molar-refractivity contribution is 6.35. The molecule has 0 aromatic heterocycles. The lowest BCUT2D eigenvalue weighted by Gasteiger charge is -2.32. The molecule has 0 radical (unpaired) electrons. The number of aliphatic carboxylic acids is 1. The Labute approximate surface area is 145 Å². The van der Waals surface area contributed by atoms with Crippen LogP contribution >= 0.6 is 23.2 Å². The van der Waals surface area contributed by atoms with Crippen LogP contribution in [0.1, 0.15) is 25.7 Å². The molecular weight excluding hydrogens is 341 g/mol. The maximum Gasteiger partial charge on any atom is 0.303 e. The summed E-state index contributed by atoms with van der Waals surface area (Å²) in [6, 6.07) is 4.84. The molecule has 1 fully saturated rings. The first-order chi connectivity index (χ1) is 11.0. The molecule has 1 saturated heterocycles. The lowest BCUT2D eigenvalue weighted by molar-refractivity contribution is -0.137. The average molecular weight is 360 g/mol. The van der Waals surface area contributed by atoms with Gasteiger partial charge in [0.1, 0.15) is 5.75 Å². The van der Waals surface area contributed by atoms with E-state index in [2.05, 4.69) is 0 Å². The third kappa shape index (κ3) is 5.59. The summed E-state index contributed by atoms with van der Waals surface area (Å²) in [6.45, 7) is 1.18. The molecule has 0 saturated carbocycles. The van der Waals surface area contributed by atoms with E-state index in [0.717, 1.165) is 12.8 Å². The number of piperidine rings is 1. The molecule has 2 rings (SSSR count). The topological polar surface area (TPSA) is 66.8 Å². The summed E-state index contributed by atoms with van der Waals surface area (Å²) in [7, 11) is 0. The fraction of sp³-hybridized carbons (Fsp3) is 0.500. The minimum absolute atomic E-state index is 0.0903. The SMILES string of the molecule is O=C(O)CCC1CCCN(C(=O)COc2ccc(Cl)cc2Cl)C1. The number of carboxylic acids is 1. The third-order valence-electron chi connectivity index (χ3n) is 3.88. The van der Waals surface area contributed by atoms with Gasteiger partial charge in [0, 0.05) is 24.5 Å². The Morgan fingerprint density at radius 3 is 2.83 bits per heavy atom. The molecule has 0 spiro atoms. The van der Waals surface area contributed by atoms with E-state index < -0.39 is 5.97 Å². The van der Waals surface area contributed by atoms with Crippen molar-refractivity contribution >= 4 is 35.1 Å². The van der Waals surface area contributed by atoms with Gasteiger partial charge in [-0.25, -0.2) is 0 Å². The van der Waals surface area contributed by atoms with E-state index >= 15 is 0 Å². The standard InChI is InChI=1S/C16H19Cl2NO4/c17-12-4-5-14(13(18)8-12)23-10-15(20)19-7-1-2-11(9-19)3-6-16(21)22/h4-5,8,11H,1-3,6-7,9-10H2,(H,21,22). The third-order valence-corrected chi connectivity index (χ3v) is 4.41. The molecule has 1 atom stereocenters. The Hall–Kier alpha value is -1.46. The van der Waals surface area contributed by atoms with E-state index in [4.69, 9.17) is 33.0 Å². The van der Waals surface area contributed by atoms with E-state index in [-0.39, 0.29) is 24.9 Å². The Kier molecular flexibility index (Phi) is 6.54. The van der Waals surface area contributed by atoms with Gasteiger partial charge in [0.25, 0.3) is 5.91 Å². The molecule has 1 unspecified atom stereocenters. The predicted molar refractivity (Wildman–Crippen MR) is 88.1 cm³/mol. The number of ether oxygens (including phenoxy) is 1. The van der Waals surface area contributed by atoms with Crippen LogP contribution in [0.15, 0.2) is 18.2 Å². The molecule has 7 heteroatoms. The summed E-state index contributed by atoms with van der Waals surface area (Å²) in [5, 5.41) is 9.62. The number of hydrogen-bond acceptors (Lipinski definition) is 3. The van der Waals surface area contributed by atoms with Crippen molar-refractivity contribution in [2.24, 2.45) is 5.92 Å². The van der Waals surface area contributed by atoms with Gasteiger partial charge >= 0.3 is 5.97 Å². The van der Waals surface area contributed by atoms with E-state index in [1.165, 1.54) is 0 Å². The second-order valence-corrected chi connectivity index (χ2v) is 6.49. The number of carbonyl (C=O) groups is 2. The number of carbonyl (C=O) groups excluding carboxylic acids is 1. The summed E-state index contributed by atoms with van der Waals surface area (Å²) in [5.41, 5.74) is 0. The number of amides is 1. The minimum atomic E-state index is -0.797. The van der Waals surface area contributed by atoms with Crippen molar-refractivity contribution in [1.29, 1.82) is 0 Å². The molecule has 1 aliphatic rings. The Balaban J connectivity index is 1.83. The fourth-order valence-corrected chi connectivity index (χ4v) is 3.14. The number of carboxylic acid groups (broad SMARTS) is 1. The molecule has 1 aromatic carbocycles. The fourth-order valence-electron chi connectivity index (χ4n) is 2.68. The van der Waals surface area contributed by atoms with Crippen LogP contribution in [0, 0.1) is 5.92 Å². The second-order valence-electron chi connectivity index (χ2n) is 5.64. The molecule has 126 valence electrons. The molecule has 1 N–H and O–H groups in total. The molecular formula is C16H19Cl2NO4. The van der Waals surface area contributed by atoms with Gasteiger partial charge in [0.15, 0.2) is 6.61 Å². The minimum Gasteiger partial charge on any atom is -0.482 e. The second kappa shape index (κ2) is 8.41. The van der Waals surface area contributed by atoms with Crippen LogP contribution in [0.25, 0.3) is 0 Å². The van der Waals surface area contributed by atoms with Crippen molar-refractivity contribution in [3.8, 4) is 5.75 Å². The molecule has 1 aliphatic heterocycles. The molecule has 1 amide bonds. The Morgan fingerprint density at radius 1 is 1.35 bits per heavy atom. The lowest BCUT2D eigenvalue weighted by atomic mass is 9.93. The number of hydrogen-bond donors (Lipinski definition) is 1. The summed E-state index contributed by atoms with van der Waals surface area (Å²) in [4.78, 5) is 24.6. The van der Waals surface area contributed by atoms with Gasteiger partial charge in [0.2, 0.25) is 0 Å². The van der Waals surface area contributed by atoms with Gasteiger partial charge in [-0.2, -0.15) is 0 Å². The monoisotopic (exact) mass is 359 g/mol. The average Bonchev–Trinajstić information content (AvgIpc) is 2.52. The van der Waals surface area contributed by atoms with Gasteiger partial charge in [-0.1, -0.05) is 23.2 Å². The summed E-state index contributed by atoms with van der Waals surface area (Å²) >= 11 is 11.8. The first-order valence-corrected chi connectivity index (χ1v) is 8.28. The van der Waals surface area contributed by atoms with Crippen LogP contribution in [0.2, 0.25) is 10.0 Å². The lowest BCUT2D eigenvalue weighted by Crippen LogP contribution is -2.42. The van der Waals surface area contributed by atoms with Crippen molar-refractivity contribution in [3.05, 3.63) is 28.2 Å². The van der Waals surface area contributed by atoms with E-state index in [0.29, 0.717) is 35.3 Å². The number of nitrogens with zero attached hydrogens (tertiary/aromatic N) is 1. The van der Waals surface area contributed by atoms with Crippen molar-refractivity contribution in [1.82, 2.24) is 4.90 Å². The van der Waals surface area contributed by atoms with E-state index in [9.17, 15) is 9.59 Å². The summed E-state index contributed by atoms with van der Waals surface area (Å²) < 4.78 is 5.46. The Morgan fingerprint density at radius 2 is 2.13 bits per heavy atom. The molecule has 23 heavy (non-hydrogen) atoms. The highest BCUT2D eigenvalue weighted by Gasteiger charge is 2.24. The molecule has 1 heterocycles. The normalized spacial score (nSPS) is 17.8. The zero-order valence-electron chi connectivity index (χ0n) is 12.6. The van der Waals surface area contributed by atoms with Crippen molar-refractivity contribution in [3.63, 3.8) is 0 Å². The van der Waals surface area contributed by atoms with E-state index in [1.54, 1.807) is 23.1 Å². The largest absolute Gasteiger partial charge is 0.482 e. The highest BCUT2D eigenvalue weighted by Crippen LogP contribution is 2.27. The number of rotatable bonds is 6. The molecule has 1 aromatic rings. The zero-order valence-corrected chi connectivity index (χ0v) is 14.1. The first-order valence-electron chi connectivity index (χ1n) is 7.53. The first kappa shape index (κ1) is 17.9. The van der Waals surface area contributed by atoms with Crippen LogP contribution in [0.3, 0.4) is 0 Å². The van der Waals surface area contributed by atoms with Crippen LogP contribution in [0.4, 0.5) is 0 Å². The zero-order chi connectivity index (χ0) is 16.8. The summed E-state index contributed by atoms with van der Waals surface area (Å²) in [6.07, 6.45) is 2.59. The summed E-state index contributed by atoms with van der Waals surface area (Å²) in [5.74, 6) is -0.253. The highest BCUT2D eigenvalue weighted by atomic mass is 35.5. The Bertz CT molecular complexity index is 579. The van der Waals surface area contributed by atoms with Gasteiger partial charge < -0.3 is 14.7 Å².